The van der Waals surface area contributed by atoms with E-state index in [1.807, 2.05) is 44.3 Å². The lowest BCUT2D eigenvalue weighted by atomic mass is 10.2. The van der Waals surface area contributed by atoms with Gasteiger partial charge < -0.3 is 9.32 Å². The van der Waals surface area contributed by atoms with E-state index >= 15 is 0 Å². The van der Waals surface area contributed by atoms with Gasteiger partial charge in [-0.3, -0.25) is 4.79 Å². The second-order valence-electron chi connectivity index (χ2n) is 4.60. The number of aryl methyl sites for hydroxylation is 1. The maximum absolute atomic E-state index is 11.9. The Balaban J connectivity index is 1.99. The van der Waals surface area contributed by atoms with Crippen molar-refractivity contribution < 1.29 is 9.21 Å². The molecule has 1 amide bonds. The predicted octanol–water partition coefficient (Wildman–Crippen LogP) is 2.79. The van der Waals surface area contributed by atoms with Gasteiger partial charge in [0.15, 0.2) is 5.88 Å². The van der Waals surface area contributed by atoms with Gasteiger partial charge in [0.25, 0.3) is 5.91 Å². The standard InChI is InChI=1S/C14H17N3O2S/c1-9-10(2)20-8-12(9)14(18)16-15-7-11-5-6-13(19-11)17(3)4/h5-8H,1-4H3,(H,16,18)/b15-7-. The van der Waals surface area contributed by atoms with Crippen LogP contribution in [0.25, 0.3) is 0 Å². The molecule has 0 spiro atoms. The van der Waals surface area contributed by atoms with Crippen molar-refractivity contribution in [3.8, 4) is 0 Å². The molecule has 0 bridgehead atoms. The number of hydrogen-bond acceptors (Lipinski definition) is 5. The highest BCUT2D eigenvalue weighted by Gasteiger charge is 2.11. The third-order valence-corrected chi connectivity index (χ3v) is 3.95. The fourth-order valence-corrected chi connectivity index (χ4v) is 2.47. The summed E-state index contributed by atoms with van der Waals surface area (Å²) in [5.74, 6) is 1.12. The fraction of sp³-hybridized carbons (Fsp3) is 0.286. The van der Waals surface area contributed by atoms with Crippen LogP contribution in [0.1, 0.15) is 26.6 Å². The molecule has 5 nitrogen and oxygen atoms in total. The zero-order chi connectivity index (χ0) is 14.7. The van der Waals surface area contributed by atoms with Crippen LogP contribution < -0.4 is 10.3 Å². The second-order valence-corrected chi connectivity index (χ2v) is 5.68. The molecule has 0 radical (unpaired) electrons. The van der Waals surface area contributed by atoms with Crippen LogP contribution in [-0.4, -0.2) is 26.2 Å². The molecule has 6 heteroatoms. The van der Waals surface area contributed by atoms with Crippen molar-refractivity contribution in [2.45, 2.75) is 13.8 Å². The molecule has 106 valence electrons. The number of rotatable bonds is 4. The summed E-state index contributed by atoms with van der Waals surface area (Å²) in [5.41, 5.74) is 4.16. The molecule has 0 aliphatic heterocycles. The predicted molar refractivity (Wildman–Crippen MR) is 81.9 cm³/mol. The summed E-state index contributed by atoms with van der Waals surface area (Å²) >= 11 is 1.56. The average molecular weight is 291 g/mol. The van der Waals surface area contributed by atoms with Gasteiger partial charge >= 0.3 is 0 Å². The van der Waals surface area contributed by atoms with E-state index in [1.165, 1.54) is 6.21 Å². The van der Waals surface area contributed by atoms with Crippen LogP contribution in [0.3, 0.4) is 0 Å². The quantitative estimate of drug-likeness (QED) is 0.696. The van der Waals surface area contributed by atoms with Crippen LogP contribution in [0.15, 0.2) is 27.0 Å². The molecule has 0 aliphatic carbocycles. The number of hydrazone groups is 1. The number of carbonyl (C=O) groups is 1. The maximum atomic E-state index is 11.9. The molecule has 0 fully saturated rings. The summed E-state index contributed by atoms with van der Waals surface area (Å²) in [5, 5.41) is 5.75. The Morgan fingerprint density at radius 1 is 1.40 bits per heavy atom. The monoisotopic (exact) mass is 291 g/mol. The Bertz CT molecular complexity index is 641. The van der Waals surface area contributed by atoms with Crippen molar-refractivity contribution in [3.05, 3.63) is 39.3 Å². The molecule has 2 rings (SSSR count). The number of nitrogens with one attached hydrogen (secondary N) is 1. The minimum atomic E-state index is -0.206. The first-order valence-corrected chi connectivity index (χ1v) is 7.02. The van der Waals surface area contributed by atoms with E-state index in [-0.39, 0.29) is 5.91 Å². The molecule has 0 atom stereocenters. The van der Waals surface area contributed by atoms with Crippen molar-refractivity contribution >= 4 is 29.3 Å². The molecule has 0 aliphatic rings. The third-order valence-electron chi connectivity index (χ3n) is 2.94. The number of furan rings is 1. The Morgan fingerprint density at radius 3 is 2.70 bits per heavy atom. The Labute approximate surface area is 121 Å². The first-order chi connectivity index (χ1) is 9.49. The first kappa shape index (κ1) is 14.3. The Kier molecular flexibility index (Phi) is 4.24. The van der Waals surface area contributed by atoms with Crippen LogP contribution >= 0.6 is 11.3 Å². The van der Waals surface area contributed by atoms with Gasteiger partial charge in [-0.05, 0) is 25.5 Å². The SMILES string of the molecule is Cc1scc(C(=O)N/N=C\c2ccc(N(C)C)o2)c1C. The summed E-state index contributed by atoms with van der Waals surface area (Å²) in [7, 11) is 3.78. The Hall–Kier alpha value is -2.08. The number of carbonyl (C=O) groups excluding carboxylic acids is 1. The van der Waals surface area contributed by atoms with Crippen molar-refractivity contribution in [1.82, 2.24) is 5.43 Å². The number of nitrogens with zero attached hydrogens (tertiary/aromatic N) is 2. The lowest BCUT2D eigenvalue weighted by molar-refractivity contribution is 0.0955. The summed E-state index contributed by atoms with van der Waals surface area (Å²) in [6.07, 6.45) is 1.49. The fourth-order valence-electron chi connectivity index (χ4n) is 1.60. The smallest absolute Gasteiger partial charge is 0.272 e. The van der Waals surface area contributed by atoms with E-state index in [0.717, 1.165) is 16.3 Å². The topological polar surface area (TPSA) is 57.8 Å². The number of thiophene rings is 1. The maximum Gasteiger partial charge on any atom is 0.272 e. The van der Waals surface area contributed by atoms with Gasteiger partial charge in [-0.15, -0.1) is 11.3 Å². The summed E-state index contributed by atoms with van der Waals surface area (Å²) in [4.78, 5) is 14.9. The molecule has 0 saturated carbocycles. The van der Waals surface area contributed by atoms with E-state index in [9.17, 15) is 4.79 Å². The first-order valence-electron chi connectivity index (χ1n) is 6.14. The van der Waals surface area contributed by atoms with Gasteiger partial charge in [-0.25, -0.2) is 5.43 Å². The molecule has 20 heavy (non-hydrogen) atoms. The van der Waals surface area contributed by atoms with Crippen molar-refractivity contribution in [3.63, 3.8) is 0 Å². The highest BCUT2D eigenvalue weighted by molar-refractivity contribution is 7.10. The molecular formula is C14H17N3O2S. The number of anilines is 1. The van der Waals surface area contributed by atoms with E-state index < -0.39 is 0 Å². The molecule has 0 saturated heterocycles. The van der Waals surface area contributed by atoms with E-state index in [0.29, 0.717) is 11.3 Å². The zero-order valence-corrected chi connectivity index (χ0v) is 12.7. The largest absolute Gasteiger partial charge is 0.440 e. The minimum Gasteiger partial charge on any atom is -0.440 e. The normalized spacial score (nSPS) is 11.0. The van der Waals surface area contributed by atoms with Crippen LogP contribution in [0.5, 0.6) is 0 Å². The van der Waals surface area contributed by atoms with Crippen molar-refractivity contribution in [1.29, 1.82) is 0 Å². The summed E-state index contributed by atoms with van der Waals surface area (Å²) in [6.45, 7) is 3.92. The van der Waals surface area contributed by atoms with Gasteiger partial charge in [0, 0.05) is 30.4 Å². The number of hydrogen-bond donors (Lipinski definition) is 1. The highest BCUT2D eigenvalue weighted by atomic mass is 32.1. The van der Waals surface area contributed by atoms with Gasteiger partial charge in [0.2, 0.25) is 0 Å². The lowest BCUT2D eigenvalue weighted by Gasteiger charge is -2.05. The highest BCUT2D eigenvalue weighted by Crippen LogP contribution is 2.20. The van der Waals surface area contributed by atoms with E-state index in [2.05, 4.69) is 10.5 Å². The Morgan fingerprint density at radius 2 is 2.15 bits per heavy atom. The molecule has 2 heterocycles. The van der Waals surface area contributed by atoms with Crippen LogP contribution in [0.2, 0.25) is 0 Å². The van der Waals surface area contributed by atoms with E-state index in [1.54, 1.807) is 17.4 Å². The molecule has 0 unspecified atom stereocenters. The minimum absolute atomic E-state index is 0.206. The van der Waals surface area contributed by atoms with Gasteiger partial charge in [-0.2, -0.15) is 5.10 Å². The van der Waals surface area contributed by atoms with Gasteiger partial charge in [0.05, 0.1) is 11.8 Å². The molecule has 2 aromatic rings. The molecule has 0 aromatic carbocycles. The van der Waals surface area contributed by atoms with Crippen LogP contribution in [0, 0.1) is 13.8 Å². The second kappa shape index (κ2) is 5.92. The zero-order valence-electron chi connectivity index (χ0n) is 11.9. The number of amides is 1. The van der Waals surface area contributed by atoms with Crippen molar-refractivity contribution in [2.24, 2.45) is 5.10 Å². The lowest BCUT2D eigenvalue weighted by Crippen LogP contribution is -2.17. The van der Waals surface area contributed by atoms with E-state index in [4.69, 9.17) is 4.42 Å². The molecular weight excluding hydrogens is 274 g/mol. The van der Waals surface area contributed by atoms with Gasteiger partial charge in [-0.1, -0.05) is 0 Å². The van der Waals surface area contributed by atoms with Crippen LogP contribution in [0.4, 0.5) is 5.88 Å². The van der Waals surface area contributed by atoms with Gasteiger partial charge in [0.1, 0.15) is 5.76 Å². The summed E-state index contributed by atoms with van der Waals surface area (Å²) in [6, 6.07) is 3.64. The van der Waals surface area contributed by atoms with Crippen molar-refractivity contribution in [2.75, 3.05) is 19.0 Å². The van der Waals surface area contributed by atoms with Crippen LogP contribution in [-0.2, 0) is 0 Å². The third kappa shape index (κ3) is 3.08. The molecule has 2 aromatic heterocycles. The average Bonchev–Trinajstić information content (AvgIpc) is 2.98. The summed E-state index contributed by atoms with van der Waals surface area (Å²) < 4.78 is 5.49. The molecule has 1 N–H and O–H groups in total.